The molecule has 174 valence electrons. The number of carbonyl (C=O) groups is 2. The molecule has 0 saturated carbocycles. The van der Waals surface area contributed by atoms with Crippen molar-refractivity contribution in [3.63, 3.8) is 0 Å². The molecule has 1 aliphatic heterocycles. The lowest BCUT2D eigenvalue weighted by Crippen LogP contribution is -2.29. The van der Waals surface area contributed by atoms with E-state index in [0.717, 1.165) is 5.56 Å². The smallest absolute Gasteiger partial charge is 0.300 e. The van der Waals surface area contributed by atoms with Crippen LogP contribution in [-0.2, 0) is 9.59 Å². The van der Waals surface area contributed by atoms with Gasteiger partial charge in [0.2, 0.25) is 0 Å². The highest BCUT2D eigenvalue weighted by Crippen LogP contribution is 2.44. The summed E-state index contributed by atoms with van der Waals surface area (Å²) in [7, 11) is 1.43. The summed E-state index contributed by atoms with van der Waals surface area (Å²) in [5.74, 6) is -0.987. The summed E-state index contributed by atoms with van der Waals surface area (Å²) in [4.78, 5) is 28.0. The van der Waals surface area contributed by atoms with Crippen molar-refractivity contribution in [1.82, 2.24) is 0 Å². The van der Waals surface area contributed by atoms with E-state index in [1.54, 1.807) is 60.7 Å². The molecule has 1 atom stereocenters. The van der Waals surface area contributed by atoms with Gasteiger partial charge in [-0.1, -0.05) is 41.9 Å². The highest BCUT2D eigenvalue weighted by atomic mass is 35.5. The first-order chi connectivity index (χ1) is 16.4. The van der Waals surface area contributed by atoms with E-state index in [-0.39, 0.29) is 22.6 Å². The number of carbonyl (C=O) groups excluding carboxylic acids is 2. The number of aryl methyl sites for hydroxylation is 1. The molecule has 0 bridgehead atoms. The van der Waals surface area contributed by atoms with E-state index in [0.29, 0.717) is 28.6 Å². The summed E-state index contributed by atoms with van der Waals surface area (Å²) in [6.45, 7) is 4.21. The van der Waals surface area contributed by atoms with Crippen molar-refractivity contribution >= 4 is 34.7 Å². The zero-order chi connectivity index (χ0) is 24.4. The minimum atomic E-state index is -0.859. The molecule has 0 aliphatic carbocycles. The van der Waals surface area contributed by atoms with Gasteiger partial charge >= 0.3 is 0 Å². The summed E-state index contributed by atoms with van der Waals surface area (Å²) in [6.07, 6.45) is 0. The molecule has 34 heavy (non-hydrogen) atoms. The lowest BCUT2D eigenvalue weighted by atomic mass is 9.94. The summed E-state index contributed by atoms with van der Waals surface area (Å²) in [6, 6.07) is 18.5. The van der Waals surface area contributed by atoms with Gasteiger partial charge in [0.15, 0.2) is 0 Å². The highest BCUT2D eigenvalue weighted by Gasteiger charge is 2.47. The number of anilines is 1. The maximum atomic E-state index is 13.3. The first kappa shape index (κ1) is 23.4. The molecule has 6 nitrogen and oxygen atoms in total. The van der Waals surface area contributed by atoms with Gasteiger partial charge < -0.3 is 14.6 Å². The van der Waals surface area contributed by atoms with Gasteiger partial charge in [-0.25, -0.2) is 0 Å². The monoisotopic (exact) mass is 477 g/mol. The van der Waals surface area contributed by atoms with E-state index < -0.39 is 17.7 Å². The van der Waals surface area contributed by atoms with Gasteiger partial charge in [0, 0.05) is 5.69 Å². The van der Waals surface area contributed by atoms with Crippen LogP contribution in [0.1, 0.15) is 29.7 Å². The number of hydrogen-bond donors (Lipinski definition) is 1. The molecule has 1 amide bonds. The van der Waals surface area contributed by atoms with Crippen molar-refractivity contribution in [3.05, 3.63) is 94.0 Å². The number of hydrogen-bond acceptors (Lipinski definition) is 5. The Balaban J connectivity index is 1.96. The van der Waals surface area contributed by atoms with Gasteiger partial charge in [-0.2, -0.15) is 0 Å². The molecule has 3 aromatic carbocycles. The molecule has 4 rings (SSSR count). The first-order valence-corrected chi connectivity index (χ1v) is 11.2. The SMILES string of the molecule is CCOc1ccc(C2/C(=C(\O)c3cc(C)cc(Cl)c3OC)C(=O)C(=O)N2c2ccccc2)cc1. The summed E-state index contributed by atoms with van der Waals surface area (Å²) in [5.41, 5.74) is 2.15. The number of Topliss-reactive ketones (excluding diaryl/α,β-unsaturated/α-hetero) is 1. The molecule has 1 unspecified atom stereocenters. The normalized spacial score (nSPS) is 17.2. The van der Waals surface area contributed by atoms with Gasteiger partial charge in [0.25, 0.3) is 11.7 Å². The fourth-order valence-corrected chi connectivity index (χ4v) is 4.52. The minimum absolute atomic E-state index is 0.0435. The average Bonchev–Trinajstić information content (AvgIpc) is 3.10. The van der Waals surface area contributed by atoms with Gasteiger partial charge in [-0.3, -0.25) is 14.5 Å². The molecule has 0 spiro atoms. The second-order valence-corrected chi connectivity index (χ2v) is 8.24. The molecular weight excluding hydrogens is 454 g/mol. The Bertz CT molecular complexity index is 1270. The Labute approximate surface area is 203 Å². The number of benzene rings is 3. The second kappa shape index (κ2) is 9.61. The molecule has 1 aliphatic rings. The van der Waals surface area contributed by atoms with Crippen LogP contribution in [0, 0.1) is 6.92 Å². The molecule has 1 saturated heterocycles. The molecular formula is C27H24ClNO5. The van der Waals surface area contributed by atoms with Crippen LogP contribution in [0.2, 0.25) is 5.02 Å². The van der Waals surface area contributed by atoms with Crippen molar-refractivity contribution in [2.24, 2.45) is 0 Å². The quantitative estimate of drug-likeness (QED) is 0.281. The van der Waals surface area contributed by atoms with E-state index in [9.17, 15) is 14.7 Å². The number of para-hydroxylation sites is 1. The lowest BCUT2D eigenvalue weighted by Gasteiger charge is -2.25. The van der Waals surface area contributed by atoms with Crippen molar-refractivity contribution in [2.75, 3.05) is 18.6 Å². The highest BCUT2D eigenvalue weighted by molar-refractivity contribution is 6.51. The number of aliphatic hydroxyl groups is 1. The van der Waals surface area contributed by atoms with E-state index in [4.69, 9.17) is 21.1 Å². The van der Waals surface area contributed by atoms with Crippen LogP contribution in [0.4, 0.5) is 5.69 Å². The van der Waals surface area contributed by atoms with E-state index in [1.807, 2.05) is 19.9 Å². The van der Waals surface area contributed by atoms with E-state index >= 15 is 0 Å². The number of amides is 1. The topological polar surface area (TPSA) is 76.1 Å². The van der Waals surface area contributed by atoms with Gasteiger partial charge in [-0.05, 0) is 61.4 Å². The van der Waals surface area contributed by atoms with Crippen LogP contribution < -0.4 is 14.4 Å². The van der Waals surface area contributed by atoms with Crippen LogP contribution >= 0.6 is 11.6 Å². The number of ether oxygens (including phenoxy) is 2. The number of ketones is 1. The van der Waals surface area contributed by atoms with Crippen LogP contribution in [-0.4, -0.2) is 30.5 Å². The average molecular weight is 478 g/mol. The molecule has 1 fully saturated rings. The van der Waals surface area contributed by atoms with Gasteiger partial charge in [0.1, 0.15) is 17.3 Å². The largest absolute Gasteiger partial charge is 0.507 e. The van der Waals surface area contributed by atoms with Crippen molar-refractivity contribution in [2.45, 2.75) is 19.9 Å². The third-order valence-corrected chi connectivity index (χ3v) is 5.91. The van der Waals surface area contributed by atoms with Crippen molar-refractivity contribution < 1.29 is 24.2 Å². The molecule has 1 N–H and O–H groups in total. The summed E-state index contributed by atoms with van der Waals surface area (Å²) >= 11 is 6.34. The van der Waals surface area contributed by atoms with Crippen LogP contribution in [0.15, 0.2) is 72.3 Å². The third kappa shape index (κ3) is 4.13. The standard InChI is InChI=1S/C27H24ClNO5/c1-4-34-19-12-10-17(11-13-19)23-22(24(30)20-14-16(2)15-21(28)26(20)33-3)25(31)27(32)29(23)18-8-6-5-7-9-18/h5-15,23,30H,4H2,1-3H3/b24-22+. The molecule has 3 aromatic rings. The van der Waals surface area contributed by atoms with Crippen LogP contribution in [0.5, 0.6) is 11.5 Å². The number of methoxy groups -OCH3 is 1. The van der Waals surface area contributed by atoms with E-state index in [1.165, 1.54) is 12.0 Å². The Hall–Kier alpha value is -3.77. The van der Waals surface area contributed by atoms with Crippen LogP contribution in [0.25, 0.3) is 5.76 Å². The van der Waals surface area contributed by atoms with Gasteiger partial charge in [0.05, 0.1) is 35.9 Å². The molecule has 0 radical (unpaired) electrons. The molecule has 1 heterocycles. The number of rotatable bonds is 6. The fourth-order valence-electron chi connectivity index (χ4n) is 4.17. The fraction of sp³-hybridized carbons (Fsp3) is 0.185. The van der Waals surface area contributed by atoms with Crippen LogP contribution in [0.3, 0.4) is 0 Å². The predicted octanol–water partition coefficient (Wildman–Crippen LogP) is 5.68. The Morgan fingerprint density at radius 2 is 1.74 bits per heavy atom. The zero-order valence-electron chi connectivity index (χ0n) is 19.0. The summed E-state index contributed by atoms with van der Waals surface area (Å²) < 4.78 is 11.0. The van der Waals surface area contributed by atoms with E-state index in [2.05, 4.69) is 0 Å². The number of aliphatic hydroxyl groups excluding tert-OH is 1. The second-order valence-electron chi connectivity index (χ2n) is 7.83. The maximum absolute atomic E-state index is 13.3. The molecule has 0 aromatic heterocycles. The van der Waals surface area contributed by atoms with Crippen molar-refractivity contribution in [3.8, 4) is 11.5 Å². The third-order valence-electron chi connectivity index (χ3n) is 5.63. The Kier molecular flexibility index (Phi) is 6.61. The van der Waals surface area contributed by atoms with Crippen molar-refractivity contribution in [1.29, 1.82) is 0 Å². The molecule has 7 heteroatoms. The first-order valence-electron chi connectivity index (χ1n) is 10.8. The van der Waals surface area contributed by atoms with Gasteiger partial charge in [-0.15, -0.1) is 0 Å². The number of nitrogens with zero attached hydrogens (tertiary/aromatic N) is 1. The Morgan fingerprint density at radius 3 is 2.35 bits per heavy atom. The minimum Gasteiger partial charge on any atom is -0.507 e. The Morgan fingerprint density at radius 1 is 1.06 bits per heavy atom. The maximum Gasteiger partial charge on any atom is 0.300 e. The zero-order valence-corrected chi connectivity index (χ0v) is 19.8. The number of halogens is 1. The lowest BCUT2D eigenvalue weighted by molar-refractivity contribution is -0.132. The predicted molar refractivity (Wildman–Crippen MR) is 132 cm³/mol. The summed E-state index contributed by atoms with van der Waals surface area (Å²) in [5, 5.41) is 11.7.